The third kappa shape index (κ3) is 11.6. The Morgan fingerprint density at radius 1 is 0.815 bits per heavy atom. The molecule has 1 fully saturated rings. The molecule has 0 spiro atoms. The number of carbonyl (C=O) groups is 1. The average molecular weight is 380 g/mol. The highest BCUT2D eigenvalue weighted by Crippen LogP contribution is 2.15. The lowest BCUT2D eigenvalue weighted by Crippen LogP contribution is -2.58. The normalized spacial score (nSPS) is 16.4. The van der Waals surface area contributed by atoms with Crippen LogP contribution < -0.4 is 0 Å². The summed E-state index contributed by atoms with van der Waals surface area (Å²) in [5.74, 6) is 0.0951. The molecular weight excluding hydrogens is 332 g/mol. The van der Waals surface area contributed by atoms with Crippen molar-refractivity contribution in [1.29, 1.82) is 0 Å². The molecule has 1 aliphatic heterocycles. The van der Waals surface area contributed by atoms with E-state index in [1.54, 1.807) is 0 Å². The lowest BCUT2D eigenvalue weighted by Gasteiger charge is -2.42. The molecule has 0 radical (unpaired) electrons. The highest BCUT2D eigenvalue weighted by atomic mass is 16.2. The molecule has 1 aliphatic rings. The fraction of sp³-hybridized carbons (Fsp3) is 0.875. The van der Waals surface area contributed by atoms with Crippen LogP contribution in [0.2, 0.25) is 0 Å². The minimum Gasteiger partial charge on any atom is -0.328 e. The van der Waals surface area contributed by atoms with Crippen LogP contribution in [-0.4, -0.2) is 55.1 Å². The second kappa shape index (κ2) is 15.1. The van der Waals surface area contributed by atoms with E-state index in [1.165, 1.54) is 103 Å². The molecule has 0 atom stereocenters. The Morgan fingerprint density at radius 3 is 1.63 bits per heavy atom. The molecule has 0 aliphatic carbocycles. The number of rotatable bonds is 16. The maximum atomic E-state index is 11.7. The topological polar surface area (TPSA) is 20.3 Å². The fourth-order valence-corrected chi connectivity index (χ4v) is 4.21. The van der Waals surface area contributed by atoms with Gasteiger partial charge < -0.3 is 9.38 Å². The Kier molecular flexibility index (Phi) is 13.6. The molecule has 1 amide bonds. The van der Waals surface area contributed by atoms with E-state index in [9.17, 15) is 4.79 Å². The summed E-state index contributed by atoms with van der Waals surface area (Å²) in [6, 6.07) is 0. The van der Waals surface area contributed by atoms with Gasteiger partial charge in [-0.1, -0.05) is 90.6 Å². The molecule has 1 saturated heterocycles. The zero-order valence-corrected chi connectivity index (χ0v) is 18.5. The summed E-state index contributed by atoms with van der Waals surface area (Å²) in [6.45, 7) is 11.1. The molecule has 0 aromatic heterocycles. The van der Waals surface area contributed by atoms with Crippen molar-refractivity contribution in [3.05, 3.63) is 12.7 Å². The first-order chi connectivity index (χ1) is 13.1. The standard InChI is InChI=1S/C24H47N2O/c1-4-6-7-8-9-10-11-12-13-14-15-16-17-18-21-26(3)22-19-25(20-23-26)24(27)5-2/h5H,2,4,6-23H2,1,3H3/q+1. The van der Waals surface area contributed by atoms with Crippen molar-refractivity contribution in [2.75, 3.05) is 39.8 Å². The number of amides is 1. The molecule has 3 heteroatoms. The SMILES string of the molecule is C=CC(=O)N1CC[N+](C)(CCCCCCCCCCCCCCCC)CC1. The van der Waals surface area contributed by atoms with Crippen molar-refractivity contribution in [1.82, 2.24) is 4.90 Å². The molecule has 0 unspecified atom stereocenters. The molecule has 0 aromatic rings. The van der Waals surface area contributed by atoms with Gasteiger partial charge in [-0.25, -0.2) is 0 Å². The first-order valence-electron chi connectivity index (χ1n) is 11.9. The van der Waals surface area contributed by atoms with Crippen molar-refractivity contribution in [3.63, 3.8) is 0 Å². The smallest absolute Gasteiger partial charge is 0.246 e. The summed E-state index contributed by atoms with van der Waals surface area (Å²) in [6.07, 6.45) is 21.3. The second-order valence-electron chi connectivity index (χ2n) is 8.92. The molecule has 27 heavy (non-hydrogen) atoms. The number of unbranched alkanes of at least 4 members (excludes halogenated alkanes) is 13. The van der Waals surface area contributed by atoms with Crippen LogP contribution in [0.1, 0.15) is 96.8 Å². The van der Waals surface area contributed by atoms with Crippen LogP contribution >= 0.6 is 0 Å². The minimum absolute atomic E-state index is 0.0951. The van der Waals surface area contributed by atoms with E-state index in [4.69, 9.17) is 0 Å². The van der Waals surface area contributed by atoms with E-state index in [1.807, 2.05) is 4.90 Å². The fourth-order valence-electron chi connectivity index (χ4n) is 4.21. The molecule has 0 N–H and O–H groups in total. The molecule has 0 bridgehead atoms. The van der Waals surface area contributed by atoms with Gasteiger partial charge in [0.25, 0.3) is 0 Å². The molecule has 0 aromatic carbocycles. The van der Waals surface area contributed by atoms with Gasteiger partial charge in [-0.3, -0.25) is 4.79 Å². The maximum absolute atomic E-state index is 11.7. The Bertz CT molecular complexity index is 386. The van der Waals surface area contributed by atoms with Crippen LogP contribution in [0.5, 0.6) is 0 Å². The molecule has 1 heterocycles. The Labute approximate surface area is 169 Å². The quantitative estimate of drug-likeness (QED) is 0.184. The van der Waals surface area contributed by atoms with Crippen LogP contribution in [0.4, 0.5) is 0 Å². The minimum atomic E-state index is 0.0951. The number of carbonyl (C=O) groups excluding carboxylic acids is 1. The molecule has 1 rings (SSSR count). The van der Waals surface area contributed by atoms with Gasteiger partial charge in [-0.15, -0.1) is 0 Å². The second-order valence-corrected chi connectivity index (χ2v) is 8.92. The van der Waals surface area contributed by atoms with E-state index in [-0.39, 0.29) is 5.91 Å². The van der Waals surface area contributed by atoms with Crippen molar-refractivity contribution < 1.29 is 9.28 Å². The third-order valence-corrected chi connectivity index (χ3v) is 6.36. The summed E-state index contributed by atoms with van der Waals surface area (Å²) >= 11 is 0. The third-order valence-electron chi connectivity index (χ3n) is 6.36. The van der Waals surface area contributed by atoms with E-state index in [0.717, 1.165) is 30.7 Å². The monoisotopic (exact) mass is 379 g/mol. The highest BCUT2D eigenvalue weighted by Gasteiger charge is 2.29. The summed E-state index contributed by atoms with van der Waals surface area (Å²) in [4.78, 5) is 13.6. The number of hydrogen-bond donors (Lipinski definition) is 0. The van der Waals surface area contributed by atoms with Gasteiger partial charge >= 0.3 is 0 Å². The van der Waals surface area contributed by atoms with Gasteiger partial charge in [0.15, 0.2) is 0 Å². The molecule has 0 saturated carbocycles. The predicted octanol–water partition coefficient (Wildman–Crippen LogP) is 5.94. The summed E-state index contributed by atoms with van der Waals surface area (Å²) in [5, 5.41) is 0. The molecular formula is C24H47N2O+. The zero-order valence-electron chi connectivity index (χ0n) is 18.5. The van der Waals surface area contributed by atoms with Crippen molar-refractivity contribution in [2.45, 2.75) is 96.8 Å². The van der Waals surface area contributed by atoms with Gasteiger partial charge in [-0.2, -0.15) is 0 Å². The van der Waals surface area contributed by atoms with Crippen molar-refractivity contribution >= 4 is 5.91 Å². The van der Waals surface area contributed by atoms with Gasteiger partial charge in [0.2, 0.25) is 5.91 Å². The first kappa shape index (κ1) is 24.2. The number of likely N-dealkylation sites (N-methyl/N-ethyl adjacent to an activating group) is 1. The average Bonchev–Trinajstić information content (AvgIpc) is 2.68. The Balaban J connectivity index is 1.87. The largest absolute Gasteiger partial charge is 0.328 e. The van der Waals surface area contributed by atoms with Gasteiger partial charge in [-0.05, 0) is 18.9 Å². The summed E-state index contributed by atoms with van der Waals surface area (Å²) in [5.41, 5.74) is 0. The van der Waals surface area contributed by atoms with Crippen molar-refractivity contribution in [2.24, 2.45) is 0 Å². The van der Waals surface area contributed by atoms with E-state index in [0.29, 0.717) is 0 Å². The number of hydrogen-bond acceptors (Lipinski definition) is 1. The van der Waals surface area contributed by atoms with Crippen LogP contribution in [0.3, 0.4) is 0 Å². The van der Waals surface area contributed by atoms with E-state index in [2.05, 4.69) is 20.6 Å². The Hall–Kier alpha value is -0.830. The maximum Gasteiger partial charge on any atom is 0.246 e. The van der Waals surface area contributed by atoms with Crippen LogP contribution in [-0.2, 0) is 4.79 Å². The number of nitrogens with zero attached hydrogens (tertiary/aromatic N) is 2. The predicted molar refractivity (Wildman–Crippen MR) is 118 cm³/mol. The summed E-state index contributed by atoms with van der Waals surface area (Å²) < 4.78 is 1.14. The van der Waals surface area contributed by atoms with Crippen LogP contribution in [0.25, 0.3) is 0 Å². The van der Waals surface area contributed by atoms with Crippen molar-refractivity contribution in [3.8, 4) is 0 Å². The Morgan fingerprint density at radius 2 is 1.22 bits per heavy atom. The van der Waals surface area contributed by atoms with Gasteiger partial charge in [0, 0.05) is 0 Å². The van der Waals surface area contributed by atoms with Gasteiger partial charge in [0.1, 0.15) is 0 Å². The molecule has 158 valence electrons. The zero-order chi connectivity index (χ0) is 19.8. The lowest BCUT2D eigenvalue weighted by molar-refractivity contribution is -0.913. The highest BCUT2D eigenvalue weighted by molar-refractivity contribution is 5.87. The van der Waals surface area contributed by atoms with Crippen LogP contribution in [0, 0.1) is 0 Å². The van der Waals surface area contributed by atoms with E-state index >= 15 is 0 Å². The van der Waals surface area contributed by atoms with Gasteiger partial charge in [0.05, 0.1) is 39.8 Å². The first-order valence-corrected chi connectivity index (χ1v) is 11.9. The number of piperazine rings is 1. The van der Waals surface area contributed by atoms with E-state index < -0.39 is 0 Å². The number of quaternary nitrogens is 1. The lowest BCUT2D eigenvalue weighted by atomic mass is 10.0. The van der Waals surface area contributed by atoms with Crippen LogP contribution in [0.15, 0.2) is 12.7 Å². The molecule has 3 nitrogen and oxygen atoms in total. The summed E-state index contributed by atoms with van der Waals surface area (Å²) in [7, 11) is 2.36.